The van der Waals surface area contributed by atoms with Crippen molar-refractivity contribution in [1.82, 2.24) is 0 Å². The minimum absolute atomic E-state index is 0.171. The second-order valence-corrected chi connectivity index (χ2v) is 4.39. The van der Waals surface area contributed by atoms with Gasteiger partial charge in [-0.2, -0.15) is 0 Å². The summed E-state index contributed by atoms with van der Waals surface area (Å²) in [7, 11) is 1.67. The Morgan fingerprint density at radius 1 is 0.889 bits per heavy atom. The summed E-state index contributed by atoms with van der Waals surface area (Å²) < 4.78 is 11.0. The highest BCUT2D eigenvalue weighted by Gasteiger charge is 2.07. The van der Waals surface area contributed by atoms with Crippen LogP contribution in [0.2, 0.25) is 0 Å². The number of hydrogen-bond acceptors (Lipinski definition) is 2. The monoisotopic (exact) mass is 242 g/mol. The van der Waals surface area contributed by atoms with Crippen LogP contribution in [0.25, 0.3) is 11.1 Å². The molecule has 0 aliphatic heterocycles. The molecule has 0 saturated carbocycles. The molecular formula is C16H18O2. The van der Waals surface area contributed by atoms with Crippen molar-refractivity contribution in [3.8, 4) is 22.6 Å². The second-order valence-electron chi connectivity index (χ2n) is 4.39. The molecule has 0 spiro atoms. The fraction of sp³-hybridized carbons (Fsp3) is 0.250. The number of rotatable bonds is 4. The fourth-order valence-corrected chi connectivity index (χ4v) is 1.83. The van der Waals surface area contributed by atoms with Crippen LogP contribution in [0.1, 0.15) is 13.8 Å². The van der Waals surface area contributed by atoms with Gasteiger partial charge in [-0.3, -0.25) is 0 Å². The lowest BCUT2D eigenvalue weighted by Crippen LogP contribution is -2.06. The van der Waals surface area contributed by atoms with Crippen molar-refractivity contribution in [2.45, 2.75) is 20.0 Å². The van der Waals surface area contributed by atoms with Crippen molar-refractivity contribution in [2.75, 3.05) is 7.11 Å². The summed E-state index contributed by atoms with van der Waals surface area (Å²) in [6.45, 7) is 4.07. The van der Waals surface area contributed by atoms with E-state index in [4.69, 9.17) is 9.47 Å². The maximum Gasteiger partial charge on any atom is 0.127 e. The molecule has 0 aromatic heterocycles. The number of ether oxygens (including phenoxy) is 2. The van der Waals surface area contributed by atoms with Gasteiger partial charge in [-0.15, -0.1) is 0 Å². The second kappa shape index (κ2) is 5.58. The Labute approximate surface area is 108 Å². The average molecular weight is 242 g/mol. The lowest BCUT2D eigenvalue weighted by atomic mass is 10.0. The molecule has 0 aliphatic rings. The number of para-hydroxylation sites is 1. The first-order valence-electron chi connectivity index (χ1n) is 6.11. The van der Waals surface area contributed by atoms with E-state index < -0.39 is 0 Å². The molecule has 0 atom stereocenters. The average Bonchev–Trinajstić information content (AvgIpc) is 2.39. The number of benzene rings is 2. The van der Waals surface area contributed by atoms with Crippen molar-refractivity contribution < 1.29 is 9.47 Å². The molecule has 0 bridgehead atoms. The zero-order valence-electron chi connectivity index (χ0n) is 11.0. The lowest BCUT2D eigenvalue weighted by molar-refractivity contribution is 0.243. The molecule has 2 nitrogen and oxygen atoms in total. The molecule has 0 aliphatic carbocycles. The van der Waals surface area contributed by atoms with E-state index in [1.807, 2.05) is 56.3 Å². The Morgan fingerprint density at radius 3 is 2.17 bits per heavy atom. The van der Waals surface area contributed by atoms with Crippen LogP contribution in [0, 0.1) is 0 Å². The third-order valence-electron chi connectivity index (χ3n) is 2.65. The van der Waals surface area contributed by atoms with Crippen molar-refractivity contribution in [2.24, 2.45) is 0 Å². The summed E-state index contributed by atoms with van der Waals surface area (Å²) in [5, 5.41) is 0. The highest BCUT2D eigenvalue weighted by Crippen LogP contribution is 2.31. The molecule has 2 aromatic carbocycles. The van der Waals surface area contributed by atoms with Gasteiger partial charge in [0, 0.05) is 5.56 Å². The summed E-state index contributed by atoms with van der Waals surface area (Å²) >= 11 is 0. The van der Waals surface area contributed by atoms with Gasteiger partial charge in [-0.25, -0.2) is 0 Å². The predicted octanol–water partition coefficient (Wildman–Crippen LogP) is 4.15. The molecule has 18 heavy (non-hydrogen) atoms. The van der Waals surface area contributed by atoms with Gasteiger partial charge in [-0.1, -0.05) is 30.3 Å². The van der Waals surface area contributed by atoms with Crippen LogP contribution in [0.3, 0.4) is 0 Å². The van der Waals surface area contributed by atoms with E-state index in [1.54, 1.807) is 7.11 Å². The Hall–Kier alpha value is -1.96. The first kappa shape index (κ1) is 12.5. The third kappa shape index (κ3) is 2.83. The standard InChI is InChI=1S/C16H18O2/c1-12(2)18-16-7-5-4-6-15(16)13-8-10-14(17-3)11-9-13/h4-12H,1-3H3. The highest BCUT2D eigenvalue weighted by atomic mass is 16.5. The maximum atomic E-state index is 5.83. The normalized spacial score (nSPS) is 10.4. The zero-order valence-corrected chi connectivity index (χ0v) is 11.0. The minimum Gasteiger partial charge on any atom is -0.497 e. The van der Waals surface area contributed by atoms with Gasteiger partial charge < -0.3 is 9.47 Å². The van der Waals surface area contributed by atoms with Crippen molar-refractivity contribution >= 4 is 0 Å². The molecule has 0 N–H and O–H groups in total. The van der Waals surface area contributed by atoms with Crippen LogP contribution in [-0.2, 0) is 0 Å². The van der Waals surface area contributed by atoms with E-state index >= 15 is 0 Å². The Morgan fingerprint density at radius 2 is 1.56 bits per heavy atom. The van der Waals surface area contributed by atoms with Crippen molar-refractivity contribution in [3.05, 3.63) is 48.5 Å². The van der Waals surface area contributed by atoms with E-state index in [9.17, 15) is 0 Å². The van der Waals surface area contributed by atoms with Gasteiger partial charge in [0.15, 0.2) is 0 Å². The van der Waals surface area contributed by atoms with E-state index in [0.29, 0.717) is 0 Å². The summed E-state index contributed by atoms with van der Waals surface area (Å²) in [5.41, 5.74) is 2.24. The van der Waals surface area contributed by atoms with Gasteiger partial charge >= 0.3 is 0 Å². The van der Waals surface area contributed by atoms with Crippen LogP contribution >= 0.6 is 0 Å². The lowest BCUT2D eigenvalue weighted by Gasteiger charge is -2.14. The van der Waals surface area contributed by atoms with Gasteiger partial charge in [0.25, 0.3) is 0 Å². The van der Waals surface area contributed by atoms with Crippen molar-refractivity contribution in [3.63, 3.8) is 0 Å². The highest BCUT2D eigenvalue weighted by molar-refractivity contribution is 5.70. The zero-order chi connectivity index (χ0) is 13.0. The molecule has 0 fully saturated rings. The molecule has 0 heterocycles. The Balaban J connectivity index is 2.36. The maximum absolute atomic E-state index is 5.83. The van der Waals surface area contributed by atoms with Crippen LogP contribution in [-0.4, -0.2) is 13.2 Å². The largest absolute Gasteiger partial charge is 0.497 e. The van der Waals surface area contributed by atoms with Crippen LogP contribution < -0.4 is 9.47 Å². The topological polar surface area (TPSA) is 18.5 Å². The molecule has 0 unspecified atom stereocenters. The van der Waals surface area contributed by atoms with Gasteiger partial charge in [0.1, 0.15) is 11.5 Å². The summed E-state index contributed by atoms with van der Waals surface area (Å²) in [6.07, 6.45) is 0.171. The summed E-state index contributed by atoms with van der Waals surface area (Å²) in [6, 6.07) is 16.1. The quantitative estimate of drug-likeness (QED) is 0.801. The first-order valence-corrected chi connectivity index (χ1v) is 6.11. The van der Waals surface area contributed by atoms with Gasteiger partial charge in [-0.05, 0) is 37.6 Å². The molecule has 0 amide bonds. The number of hydrogen-bond donors (Lipinski definition) is 0. The molecule has 0 saturated heterocycles. The van der Waals surface area contributed by atoms with Crippen LogP contribution in [0.5, 0.6) is 11.5 Å². The van der Waals surface area contributed by atoms with E-state index in [0.717, 1.165) is 22.6 Å². The summed E-state index contributed by atoms with van der Waals surface area (Å²) in [4.78, 5) is 0. The molecule has 2 aromatic rings. The first-order chi connectivity index (χ1) is 8.70. The summed E-state index contributed by atoms with van der Waals surface area (Å²) in [5.74, 6) is 1.78. The molecular weight excluding hydrogens is 224 g/mol. The van der Waals surface area contributed by atoms with Crippen LogP contribution in [0.15, 0.2) is 48.5 Å². The molecule has 2 rings (SSSR count). The smallest absolute Gasteiger partial charge is 0.127 e. The van der Waals surface area contributed by atoms with Gasteiger partial charge in [0.2, 0.25) is 0 Å². The molecule has 94 valence electrons. The third-order valence-corrected chi connectivity index (χ3v) is 2.65. The van der Waals surface area contributed by atoms with Gasteiger partial charge in [0.05, 0.1) is 13.2 Å². The van der Waals surface area contributed by atoms with Crippen molar-refractivity contribution in [1.29, 1.82) is 0 Å². The molecule has 0 radical (unpaired) electrons. The Bertz CT molecular complexity index is 501. The van der Waals surface area contributed by atoms with E-state index in [-0.39, 0.29) is 6.10 Å². The number of methoxy groups -OCH3 is 1. The molecule has 2 heteroatoms. The Kier molecular flexibility index (Phi) is 3.88. The van der Waals surface area contributed by atoms with Crippen LogP contribution in [0.4, 0.5) is 0 Å². The van der Waals surface area contributed by atoms with E-state index in [2.05, 4.69) is 6.07 Å². The fourth-order valence-electron chi connectivity index (χ4n) is 1.83. The van der Waals surface area contributed by atoms with E-state index in [1.165, 1.54) is 0 Å². The minimum atomic E-state index is 0.171. The SMILES string of the molecule is COc1ccc(-c2ccccc2OC(C)C)cc1. The predicted molar refractivity (Wildman–Crippen MR) is 74.2 cm³/mol.